The molecule has 82 valence electrons. The third-order valence-corrected chi connectivity index (χ3v) is 3.07. The number of ether oxygens (including phenoxy) is 1. The van der Waals surface area contributed by atoms with Crippen LogP contribution in [0.25, 0.3) is 0 Å². The van der Waals surface area contributed by atoms with E-state index in [1.807, 2.05) is 24.5 Å². The van der Waals surface area contributed by atoms with Crippen molar-refractivity contribution >= 4 is 0 Å². The number of methoxy groups -OCH3 is 1. The fraction of sp³-hybridized carbons (Fsp3) is 0.583. The second-order valence-electron chi connectivity index (χ2n) is 4.05. The van der Waals surface area contributed by atoms with Crippen molar-refractivity contribution in [2.75, 3.05) is 7.11 Å². The summed E-state index contributed by atoms with van der Waals surface area (Å²) in [5.74, 6) is 0. The third kappa shape index (κ3) is 2.76. The van der Waals surface area contributed by atoms with Crippen LogP contribution in [0.2, 0.25) is 0 Å². The molecule has 0 radical (unpaired) electrons. The topological polar surface area (TPSA) is 34.1 Å². The Morgan fingerprint density at radius 1 is 1.40 bits per heavy atom. The summed E-state index contributed by atoms with van der Waals surface area (Å²) in [4.78, 5) is 4.00. The molecule has 0 aliphatic heterocycles. The van der Waals surface area contributed by atoms with E-state index in [4.69, 9.17) is 4.74 Å². The first-order chi connectivity index (χ1) is 7.40. The average Bonchev–Trinajstić information content (AvgIpc) is 2.75. The van der Waals surface area contributed by atoms with E-state index in [2.05, 4.69) is 10.3 Å². The number of nitrogens with zero attached hydrogens (tertiary/aromatic N) is 1. The largest absolute Gasteiger partial charge is 0.380 e. The molecule has 3 nitrogen and oxygen atoms in total. The first kappa shape index (κ1) is 10.6. The van der Waals surface area contributed by atoms with Gasteiger partial charge in [0.25, 0.3) is 0 Å². The maximum atomic E-state index is 5.44. The van der Waals surface area contributed by atoms with E-state index >= 15 is 0 Å². The zero-order valence-electron chi connectivity index (χ0n) is 9.15. The second-order valence-corrected chi connectivity index (χ2v) is 4.05. The molecule has 1 aromatic rings. The number of aromatic nitrogens is 1. The Morgan fingerprint density at radius 2 is 2.20 bits per heavy atom. The van der Waals surface area contributed by atoms with Gasteiger partial charge in [0, 0.05) is 32.1 Å². The third-order valence-electron chi connectivity index (χ3n) is 3.07. The molecule has 1 aliphatic rings. The molecule has 1 heterocycles. The molecule has 0 spiro atoms. The Labute approximate surface area is 90.9 Å². The summed E-state index contributed by atoms with van der Waals surface area (Å²) in [7, 11) is 1.80. The quantitative estimate of drug-likeness (QED) is 0.814. The molecule has 1 aliphatic carbocycles. The number of hydrogen-bond acceptors (Lipinski definition) is 3. The van der Waals surface area contributed by atoms with Crippen LogP contribution < -0.4 is 5.32 Å². The van der Waals surface area contributed by atoms with Crippen LogP contribution in [0.15, 0.2) is 24.5 Å². The normalized spacial score (nSPS) is 25.7. The molecule has 3 heteroatoms. The summed E-state index contributed by atoms with van der Waals surface area (Å²) in [5, 5.41) is 3.55. The fourth-order valence-corrected chi connectivity index (χ4v) is 2.19. The Balaban J connectivity index is 1.83. The Kier molecular flexibility index (Phi) is 3.69. The Morgan fingerprint density at radius 3 is 2.93 bits per heavy atom. The molecule has 2 rings (SSSR count). The van der Waals surface area contributed by atoms with Crippen LogP contribution in [0.4, 0.5) is 0 Å². The van der Waals surface area contributed by atoms with Gasteiger partial charge in [-0.2, -0.15) is 0 Å². The van der Waals surface area contributed by atoms with E-state index in [1.54, 1.807) is 7.11 Å². The minimum atomic E-state index is 0.395. The van der Waals surface area contributed by atoms with Gasteiger partial charge < -0.3 is 10.1 Å². The van der Waals surface area contributed by atoms with Gasteiger partial charge >= 0.3 is 0 Å². The Hall–Kier alpha value is -0.930. The van der Waals surface area contributed by atoms with Crippen molar-refractivity contribution in [2.24, 2.45) is 0 Å². The van der Waals surface area contributed by atoms with Gasteiger partial charge in [0.2, 0.25) is 0 Å². The summed E-state index contributed by atoms with van der Waals surface area (Å²) >= 11 is 0. The van der Waals surface area contributed by atoms with Gasteiger partial charge in [0.15, 0.2) is 0 Å². The molecule has 0 saturated heterocycles. The van der Waals surface area contributed by atoms with Gasteiger partial charge in [-0.1, -0.05) is 0 Å². The fourth-order valence-electron chi connectivity index (χ4n) is 2.19. The molecule has 0 bridgehead atoms. The minimum absolute atomic E-state index is 0.395. The molecule has 1 N–H and O–H groups in total. The van der Waals surface area contributed by atoms with Crippen LogP contribution in [0, 0.1) is 0 Å². The summed E-state index contributed by atoms with van der Waals surface area (Å²) < 4.78 is 5.44. The zero-order chi connectivity index (χ0) is 10.5. The molecule has 1 saturated carbocycles. The predicted molar refractivity (Wildman–Crippen MR) is 59.5 cm³/mol. The highest BCUT2D eigenvalue weighted by Gasteiger charge is 2.26. The van der Waals surface area contributed by atoms with Crippen molar-refractivity contribution in [3.63, 3.8) is 0 Å². The minimum Gasteiger partial charge on any atom is -0.380 e. The van der Waals surface area contributed by atoms with E-state index in [0.29, 0.717) is 12.1 Å². The van der Waals surface area contributed by atoms with Crippen LogP contribution in [0.5, 0.6) is 0 Å². The van der Waals surface area contributed by atoms with Crippen LogP contribution in [0.3, 0.4) is 0 Å². The van der Waals surface area contributed by atoms with Crippen LogP contribution in [0.1, 0.15) is 24.8 Å². The van der Waals surface area contributed by atoms with Crippen molar-refractivity contribution < 1.29 is 4.74 Å². The maximum Gasteiger partial charge on any atom is 0.0724 e. The smallest absolute Gasteiger partial charge is 0.0724 e. The molecule has 2 atom stereocenters. The van der Waals surface area contributed by atoms with E-state index in [9.17, 15) is 0 Å². The van der Waals surface area contributed by atoms with Gasteiger partial charge in [-0.3, -0.25) is 4.98 Å². The lowest BCUT2D eigenvalue weighted by Crippen LogP contribution is -2.36. The van der Waals surface area contributed by atoms with Crippen molar-refractivity contribution in [3.8, 4) is 0 Å². The van der Waals surface area contributed by atoms with Gasteiger partial charge in [-0.25, -0.2) is 0 Å². The summed E-state index contributed by atoms with van der Waals surface area (Å²) in [5.41, 5.74) is 1.28. The van der Waals surface area contributed by atoms with Crippen molar-refractivity contribution in [1.82, 2.24) is 10.3 Å². The number of rotatable bonds is 4. The van der Waals surface area contributed by atoms with E-state index in [-0.39, 0.29) is 0 Å². The molecule has 1 aromatic heterocycles. The monoisotopic (exact) mass is 206 g/mol. The number of nitrogens with one attached hydrogen (secondary N) is 1. The summed E-state index contributed by atoms with van der Waals surface area (Å²) in [6.07, 6.45) is 7.74. The SMILES string of the molecule is COC1CCCC1NCc1ccncc1. The molecular weight excluding hydrogens is 188 g/mol. The van der Waals surface area contributed by atoms with E-state index < -0.39 is 0 Å². The van der Waals surface area contributed by atoms with Gasteiger partial charge in [-0.15, -0.1) is 0 Å². The lowest BCUT2D eigenvalue weighted by Gasteiger charge is -2.19. The predicted octanol–water partition coefficient (Wildman–Crippen LogP) is 1.74. The lowest BCUT2D eigenvalue weighted by molar-refractivity contribution is 0.0847. The Bertz CT molecular complexity index is 289. The first-order valence-electron chi connectivity index (χ1n) is 5.55. The second kappa shape index (κ2) is 5.24. The molecular formula is C12H18N2O. The number of pyridine rings is 1. The molecule has 2 unspecified atom stereocenters. The lowest BCUT2D eigenvalue weighted by atomic mass is 10.2. The van der Waals surface area contributed by atoms with Gasteiger partial charge in [0.05, 0.1) is 6.10 Å². The highest BCUT2D eigenvalue weighted by molar-refractivity contribution is 5.09. The standard InChI is InChI=1S/C12H18N2O/c1-15-12-4-2-3-11(12)14-9-10-5-7-13-8-6-10/h5-8,11-12,14H,2-4,9H2,1H3. The zero-order valence-corrected chi connectivity index (χ0v) is 9.15. The maximum absolute atomic E-state index is 5.44. The molecule has 15 heavy (non-hydrogen) atoms. The molecule has 0 amide bonds. The van der Waals surface area contributed by atoms with Crippen molar-refractivity contribution in [1.29, 1.82) is 0 Å². The van der Waals surface area contributed by atoms with Crippen molar-refractivity contribution in [2.45, 2.75) is 38.0 Å². The molecule has 1 fully saturated rings. The van der Waals surface area contributed by atoms with Crippen LogP contribution in [-0.4, -0.2) is 24.2 Å². The van der Waals surface area contributed by atoms with Crippen molar-refractivity contribution in [3.05, 3.63) is 30.1 Å². The summed E-state index contributed by atoms with van der Waals surface area (Å²) in [6.45, 7) is 0.910. The number of hydrogen-bond donors (Lipinski definition) is 1. The van der Waals surface area contributed by atoms with Crippen LogP contribution >= 0.6 is 0 Å². The van der Waals surface area contributed by atoms with E-state index in [1.165, 1.54) is 24.8 Å². The molecule has 0 aromatic carbocycles. The van der Waals surface area contributed by atoms with Crippen LogP contribution in [-0.2, 0) is 11.3 Å². The van der Waals surface area contributed by atoms with E-state index in [0.717, 1.165) is 6.54 Å². The highest BCUT2D eigenvalue weighted by atomic mass is 16.5. The average molecular weight is 206 g/mol. The first-order valence-corrected chi connectivity index (χ1v) is 5.55. The van der Waals surface area contributed by atoms with Gasteiger partial charge in [-0.05, 0) is 37.0 Å². The highest BCUT2D eigenvalue weighted by Crippen LogP contribution is 2.21. The van der Waals surface area contributed by atoms with Gasteiger partial charge in [0.1, 0.15) is 0 Å². The summed E-state index contributed by atoms with van der Waals surface area (Å²) in [6, 6.07) is 4.61.